The molecule has 1 amide bonds. The van der Waals surface area contributed by atoms with Gasteiger partial charge in [-0.1, -0.05) is 51.1 Å². The number of nitrogens with one attached hydrogen (secondary N) is 1. The van der Waals surface area contributed by atoms with Crippen LogP contribution in [-0.4, -0.2) is 60.7 Å². The van der Waals surface area contributed by atoms with Gasteiger partial charge in [-0.25, -0.2) is 9.78 Å². The fourth-order valence-corrected chi connectivity index (χ4v) is 6.51. The fraction of sp³-hybridized carbons (Fsp3) is 0.588. The predicted octanol–water partition coefficient (Wildman–Crippen LogP) is 10.4. The molecule has 1 N–H and O–H groups in total. The summed E-state index contributed by atoms with van der Waals surface area (Å²) in [4.78, 5) is 16.4. The third-order valence-corrected chi connectivity index (χ3v) is 13.5. The summed E-state index contributed by atoms with van der Waals surface area (Å²) in [7, 11) is -2.09. The van der Waals surface area contributed by atoms with Crippen LogP contribution >= 0.6 is 15.9 Å². The van der Waals surface area contributed by atoms with Crippen LogP contribution in [0.15, 0.2) is 45.4 Å². The highest BCUT2D eigenvalue weighted by Gasteiger charge is 2.61. The van der Waals surface area contributed by atoms with Crippen molar-refractivity contribution in [3.8, 4) is 11.6 Å². The fourth-order valence-electron chi connectivity index (χ4n) is 4.52. The molecule has 2 atom stereocenters. The van der Waals surface area contributed by atoms with Crippen LogP contribution in [0.4, 0.5) is 36.8 Å². The van der Waals surface area contributed by atoms with Crippen molar-refractivity contribution in [1.82, 2.24) is 15.2 Å². The molecular weight excluding hydrogens is 782 g/mol. The summed E-state index contributed by atoms with van der Waals surface area (Å²) in [6.45, 7) is 16.1. The molecule has 0 saturated carbocycles. The van der Waals surface area contributed by atoms with Crippen molar-refractivity contribution in [3.63, 3.8) is 0 Å². The number of aromatic nitrogens is 3. The average molecular weight is 828 g/mol. The van der Waals surface area contributed by atoms with E-state index in [-0.39, 0.29) is 17.7 Å². The normalized spacial score (nSPS) is 14.9. The second-order valence-corrected chi connectivity index (χ2v) is 20.2. The lowest BCUT2D eigenvalue weighted by Gasteiger charge is -2.38. The van der Waals surface area contributed by atoms with Gasteiger partial charge in [0.1, 0.15) is 10.2 Å². The van der Waals surface area contributed by atoms with E-state index in [2.05, 4.69) is 70.3 Å². The van der Waals surface area contributed by atoms with E-state index in [0.717, 1.165) is 0 Å². The van der Waals surface area contributed by atoms with Crippen LogP contribution in [0.2, 0.25) is 18.1 Å². The molecule has 3 rings (SSSR count). The van der Waals surface area contributed by atoms with Crippen molar-refractivity contribution in [3.05, 3.63) is 58.0 Å². The number of carbonyl (C=O) groups is 1. The highest BCUT2D eigenvalue weighted by molar-refractivity contribution is 9.10. The number of pyridine rings is 1. The Bertz CT molecular complexity index is 1640. The number of halogens is 7. The van der Waals surface area contributed by atoms with Gasteiger partial charge >= 0.3 is 18.4 Å². The summed E-state index contributed by atoms with van der Waals surface area (Å²) < 4.78 is 115. The zero-order chi connectivity index (χ0) is 39.3. The van der Waals surface area contributed by atoms with E-state index in [0.29, 0.717) is 18.1 Å². The van der Waals surface area contributed by atoms with Crippen molar-refractivity contribution in [2.24, 2.45) is 0 Å². The Morgan fingerprint density at radius 1 is 0.981 bits per heavy atom. The van der Waals surface area contributed by atoms with Gasteiger partial charge in [0.2, 0.25) is 5.60 Å². The van der Waals surface area contributed by atoms with Crippen molar-refractivity contribution >= 4 is 36.0 Å². The molecule has 0 aliphatic heterocycles. The molecule has 3 aromatic rings. The lowest BCUT2D eigenvalue weighted by Crippen LogP contribution is -2.46. The molecule has 0 fully saturated rings. The largest absolute Gasteiger partial charge is 0.444 e. The molecule has 1 unspecified atom stereocenters. The number of hydrogen-bond donors (Lipinski definition) is 1. The number of ether oxygens (including phenoxy) is 3. The Morgan fingerprint density at radius 3 is 2.17 bits per heavy atom. The van der Waals surface area contributed by atoms with E-state index < -0.39 is 90.9 Å². The zero-order valence-corrected chi connectivity index (χ0v) is 33.1. The summed E-state index contributed by atoms with van der Waals surface area (Å²) >= 11 is 2.75. The van der Waals surface area contributed by atoms with Gasteiger partial charge in [-0.05, 0) is 79.8 Å². The monoisotopic (exact) mass is 826 g/mol. The summed E-state index contributed by atoms with van der Waals surface area (Å²) in [6.07, 6.45) is -11.9. The van der Waals surface area contributed by atoms with E-state index >= 15 is 13.2 Å². The quantitative estimate of drug-likeness (QED) is 0.0733. The van der Waals surface area contributed by atoms with Gasteiger partial charge in [-0.2, -0.15) is 26.3 Å². The number of rotatable bonds is 14. The lowest BCUT2D eigenvalue weighted by atomic mass is 9.98. The first-order chi connectivity index (χ1) is 23.8. The predicted molar refractivity (Wildman–Crippen MR) is 187 cm³/mol. The molecule has 2 aromatic heterocycles. The first-order valence-corrected chi connectivity index (χ1v) is 20.1. The number of nitrogens with zero attached hydrogens (tertiary/aromatic N) is 3. The van der Waals surface area contributed by atoms with Gasteiger partial charge in [-0.3, -0.25) is 5.32 Å². The lowest BCUT2D eigenvalue weighted by molar-refractivity contribution is -0.302. The smallest absolute Gasteiger partial charge is 0.426 e. The Balaban J connectivity index is 1.99. The van der Waals surface area contributed by atoms with Gasteiger partial charge in [0.05, 0.1) is 24.5 Å². The molecule has 0 saturated heterocycles. The number of anilines is 1. The first kappa shape index (κ1) is 43.3. The zero-order valence-electron chi connectivity index (χ0n) is 30.5. The Labute approximate surface area is 308 Å². The number of carbonyl (C=O) groups excluding carboxylic acids is 1. The van der Waals surface area contributed by atoms with Gasteiger partial charge in [0.25, 0.3) is 11.8 Å². The van der Waals surface area contributed by atoms with Crippen LogP contribution in [-0.2, 0) is 37.0 Å². The van der Waals surface area contributed by atoms with E-state index in [1.165, 1.54) is 20.8 Å². The minimum absolute atomic E-state index is 0.0357. The molecule has 10 nitrogen and oxygen atoms in total. The van der Waals surface area contributed by atoms with Crippen LogP contribution in [0.5, 0.6) is 0 Å². The van der Waals surface area contributed by atoms with Crippen molar-refractivity contribution in [1.29, 1.82) is 0 Å². The maximum Gasteiger partial charge on any atom is 0.426 e. The van der Waals surface area contributed by atoms with Crippen molar-refractivity contribution < 1.29 is 54.2 Å². The summed E-state index contributed by atoms with van der Waals surface area (Å²) in [6, 6.07) is 8.60. The summed E-state index contributed by atoms with van der Waals surface area (Å²) in [5.74, 6) is -1.78. The topological polar surface area (TPSA) is 118 Å². The molecule has 1 aromatic carbocycles. The maximum absolute atomic E-state index is 15.2. The second-order valence-electron chi connectivity index (χ2n) is 14.7. The van der Waals surface area contributed by atoms with Crippen molar-refractivity contribution in [2.45, 2.75) is 116 Å². The summed E-state index contributed by atoms with van der Waals surface area (Å²) in [5.41, 5.74) is -6.32. The first-order valence-electron chi connectivity index (χ1n) is 16.4. The Morgan fingerprint density at radius 2 is 1.62 bits per heavy atom. The van der Waals surface area contributed by atoms with E-state index in [4.69, 9.17) is 23.1 Å². The van der Waals surface area contributed by atoms with E-state index in [1.807, 2.05) is 6.92 Å². The minimum atomic E-state index is -5.15. The molecule has 0 spiro atoms. The maximum atomic E-state index is 15.2. The molecule has 0 aliphatic carbocycles. The number of hydrogen-bond acceptors (Lipinski definition) is 9. The van der Waals surface area contributed by atoms with E-state index in [1.54, 1.807) is 30.3 Å². The van der Waals surface area contributed by atoms with Crippen LogP contribution < -0.4 is 5.32 Å². The molecular formula is C34H45BrF6N4O6Si. The van der Waals surface area contributed by atoms with Gasteiger partial charge < -0.3 is 23.1 Å². The molecule has 52 heavy (non-hydrogen) atoms. The molecule has 2 heterocycles. The molecule has 0 bridgehead atoms. The Kier molecular flexibility index (Phi) is 13.8. The molecule has 0 aliphatic rings. The van der Waals surface area contributed by atoms with Gasteiger partial charge in [0, 0.05) is 19.1 Å². The third-order valence-electron chi connectivity index (χ3n) is 8.25. The van der Waals surface area contributed by atoms with Crippen molar-refractivity contribution in [2.75, 3.05) is 18.5 Å². The molecule has 290 valence electrons. The average Bonchev–Trinajstić information content (AvgIpc) is 3.47. The van der Waals surface area contributed by atoms with Gasteiger partial charge in [0.15, 0.2) is 14.0 Å². The molecule has 0 radical (unpaired) electrons. The third kappa shape index (κ3) is 11.5. The highest BCUT2D eigenvalue weighted by Crippen LogP contribution is 2.47. The highest BCUT2D eigenvalue weighted by atomic mass is 79.9. The van der Waals surface area contributed by atoms with Crippen LogP contribution in [0.25, 0.3) is 11.6 Å². The van der Waals surface area contributed by atoms with Crippen LogP contribution in [0, 0.1) is 0 Å². The molecule has 18 heteroatoms. The SMILES string of the molecule is C[C@@H](CCOCCC(OCc1ccccc1)(c1nnc(-c2nc(Br)c(C(F)(F)F)cc2NC(=O)OC(C)(C)C)o1)C(F)(F)F)O[Si](C)(C)C(C)(C)C. The van der Waals surface area contributed by atoms with E-state index in [9.17, 15) is 18.0 Å². The van der Waals surface area contributed by atoms with Gasteiger partial charge in [-0.15, -0.1) is 10.2 Å². The number of alkyl halides is 6. The number of benzene rings is 1. The van der Waals surface area contributed by atoms with Crippen LogP contribution in [0.1, 0.15) is 78.3 Å². The van der Waals surface area contributed by atoms with Crippen LogP contribution in [0.3, 0.4) is 0 Å². The Hall–Kier alpha value is -3.06. The summed E-state index contributed by atoms with van der Waals surface area (Å²) in [5, 5.41) is 9.49. The standard InChI is InChI=1S/C34H45BrF6N4O6Si/c1-21(51-52(8,9)31(5,6)7)15-17-47-18-16-32(34(39,40)41,48-20-22-13-11-10-12-14-22)28-45-44-27(49-28)25-24(42-29(46)50-30(2,3)4)19-23(26(35)43-25)33(36,37)38/h10-14,19,21H,15-18,20H2,1-9H3,(H,42,46)/t21-,32?/m0/s1. The second kappa shape index (κ2) is 16.5. The number of amides is 1. The minimum Gasteiger partial charge on any atom is -0.444 e.